The summed E-state index contributed by atoms with van der Waals surface area (Å²) >= 11 is 11.8. The minimum atomic E-state index is -3.23. The van der Waals surface area contributed by atoms with Gasteiger partial charge in [-0.05, 0) is 99.9 Å². The first-order valence-corrected chi connectivity index (χ1v) is 24.2. The molecule has 2 aliphatic rings. The van der Waals surface area contributed by atoms with Crippen molar-refractivity contribution >= 4 is 83.9 Å². The van der Waals surface area contributed by atoms with Gasteiger partial charge >= 0.3 is 0 Å². The Kier molecular flexibility index (Phi) is 15.7. The average molecular weight is 982 g/mol. The van der Waals surface area contributed by atoms with Crippen molar-refractivity contribution in [2.24, 2.45) is 0 Å². The molecule has 0 aliphatic heterocycles. The molecule has 67 heavy (non-hydrogen) atoms. The Labute approximate surface area is 398 Å². The maximum absolute atomic E-state index is 13.5. The van der Waals surface area contributed by atoms with Gasteiger partial charge in [0.05, 0.1) is 53.8 Å². The van der Waals surface area contributed by atoms with Gasteiger partial charge in [0.1, 0.15) is 35.9 Å². The number of sulfonamides is 1. The van der Waals surface area contributed by atoms with Crippen molar-refractivity contribution in [1.29, 1.82) is 0 Å². The molecule has 0 atom stereocenters. The molecule has 0 spiro atoms. The van der Waals surface area contributed by atoms with Crippen LogP contribution in [0.15, 0.2) is 73.3 Å². The zero-order valence-corrected chi connectivity index (χ0v) is 40.2. The Morgan fingerprint density at radius 2 is 1.06 bits per heavy atom. The highest BCUT2D eigenvalue weighted by molar-refractivity contribution is 7.88. The van der Waals surface area contributed by atoms with Gasteiger partial charge in [-0.15, -0.1) is 0 Å². The summed E-state index contributed by atoms with van der Waals surface area (Å²) in [6.07, 6.45) is 10.4. The number of amides is 1. The Morgan fingerprint density at radius 3 is 1.43 bits per heavy atom. The molecule has 2 fully saturated rings. The second-order valence-corrected chi connectivity index (χ2v) is 19.4. The number of carbonyl (C=O) groups excluding carboxylic acids is 1. The number of hydrogen-bond donors (Lipinski definition) is 2. The molecule has 2 N–H and O–H groups in total. The van der Waals surface area contributed by atoms with Gasteiger partial charge in [-0.2, -0.15) is 0 Å². The summed E-state index contributed by atoms with van der Waals surface area (Å²) in [4.78, 5) is 30.8. The van der Waals surface area contributed by atoms with E-state index in [1.54, 1.807) is 46.4 Å². The van der Waals surface area contributed by atoms with Crippen molar-refractivity contribution in [3.8, 4) is 23.0 Å². The monoisotopic (exact) mass is 980 g/mol. The molecule has 2 heterocycles. The molecule has 0 saturated heterocycles. The summed E-state index contributed by atoms with van der Waals surface area (Å²) in [6.45, 7) is 1.59. The van der Waals surface area contributed by atoms with Gasteiger partial charge in [-0.25, -0.2) is 41.4 Å². The van der Waals surface area contributed by atoms with E-state index < -0.39 is 21.7 Å². The smallest absolute Gasteiger partial charge is 0.219 e. The van der Waals surface area contributed by atoms with Crippen LogP contribution >= 0.6 is 23.2 Å². The molecule has 0 radical (unpaired) electrons. The number of benzene rings is 4. The zero-order valence-electron chi connectivity index (χ0n) is 37.9. The molecule has 0 unspecified atom stereocenters. The normalized spacial score (nSPS) is 18.4. The number of methoxy groups -OCH3 is 2. The highest BCUT2D eigenvalue weighted by atomic mass is 35.5. The third kappa shape index (κ3) is 12.0. The van der Waals surface area contributed by atoms with Crippen LogP contribution in [0.2, 0.25) is 10.0 Å². The topological polar surface area (TPSA) is 170 Å². The predicted octanol–water partition coefficient (Wildman–Crippen LogP) is 10.1. The van der Waals surface area contributed by atoms with Gasteiger partial charge in [0.15, 0.2) is 23.0 Å². The second-order valence-electron chi connectivity index (χ2n) is 16.5. The van der Waals surface area contributed by atoms with E-state index in [0.717, 1.165) is 43.9 Å². The quantitative estimate of drug-likeness (QED) is 0.112. The lowest BCUT2D eigenvalue weighted by atomic mass is 9.92. The number of hydrogen-bond acceptors (Lipinski definition) is 13. The second kappa shape index (κ2) is 21.4. The molecule has 8 rings (SSSR count). The van der Waals surface area contributed by atoms with E-state index in [1.165, 1.54) is 47.5 Å². The number of carbonyl (C=O) groups is 1. The molecule has 0 bridgehead atoms. The van der Waals surface area contributed by atoms with Crippen LogP contribution < -0.4 is 29.6 Å². The zero-order chi connectivity index (χ0) is 48.0. The number of aromatic nitrogens is 4. The molecule has 20 heteroatoms. The van der Waals surface area contributed by atoms with E-state index in [4.69, 9.17) is 42.1 Å². The van der Waals surface area contributed by atoms with Crippen LogP contribution in [-0.4, -0.2) is 102 Å². The fourth-order valence-electron chi connectivity index (χ4n) is 8.22. The van der Waals surface area contributed by atoms with Crippen molar-refractivity contribution in [3.63, 3.8) is 0 Å². The summed E-state index contributed by atoms with van der Waals surface area (Å²) in [5, 5.41) is 7.79. The Bertz CT molecular complexity index is 2850. The number of anilines is 4. The van der Waals surface area contributed by atoms with Crippen LogP contribution in [0.25, 0.3) is 21.8 Å². The van der Waals surface area contributed by atoms with Gasteiger partial charge in [-0.3, -0.25) is 4.79 Å². The third-order valence-electron chi connectivity index (χ3n) is 12.2. The minimum Gasteiger partial charge on any atom is -0.493 e. The fraction of sp³-hybridized carbons (Fsp3) is 0.383. The lowest BCUT2D eigenvalue weighted by Gasteiger charge is -2.34. The maximum Gasteiger partial charge on any atom is 0.219 e. The number of rotatable bonds is 13. The molecule has 15 nitrogen and oxygen atoms in total. The first-order chi connectivity index (χ1) is 32.0. The summed E-state index contributed by atoms with van der Waals surface area (Å²) in [5.41, 5.74) is 2.51. The Balaban J connectivity index is 0.000000199. The predicted molar refractivity (Wildman–Crippen MR) is 256 cm³/mol. The summed E-state index contributed by atoms with van der Waals surface area (Å²) < 4.78 is 75.9. The molecule has 4 aromatic carbocycles. The van der Waals surface area contributed by atoms with Crippen molar-refractivity contribution < 1.29 is 40.9 Å². The van der Waals surface area contributed by atoms with E-state index in [9.17, 15) is 22.0 Å². The number of nitrogens with one attached hydrogen (secondary N) is 2. The van der Waals surface area contributed by atoms with E-state index in [-0.39, 0.29) is 40.2 Å². The summed E-state index contributed by atoms with van der Waals surface area (Å²) in [7, 11) is 3.40. The van der Waals surface area contributed by atoms with Crippen molar-refractivity contribution in [2.45, 2.75) is 82.6 Å². The SMILES string of the molecule is COc1cc2ncnc(Nc3ccc(F)c(Cl)c3)c2cc1O[C@H]1CC[C@@H](N(C)C(C)=O)CC1.COc1cc2ncnc(Nc3ccc(F)c(Cl)c3)c2cc1O[C@H]1CC[C@@H](N(C)S(C)(=O)=O)CC1. The highest BCUT2D eigenvalue weighted by Crippen LogP contribution is 2.39. The molecule has 6 aromatic rings. The van der Waals surface area contributed by atoms with E-state index in [0.29, 0.717) is 75.3 Å². The molecule has 2 saturated carbocycles. The fourth-order valence-corrected chi connectivity index (χ4v) is 9.33. The summed E-state index contributed by atoms with van der Waals surface area (Å²) in [6, 6.07) is 16.2. The maximum atomic E-state index is 13.5. The van der Waals surface area contributed by atoms with Crippen LogP contribution in [0.3, 0.4) is 0 Å². The highest BCUT2D eigenvalue weighted by Gasteiger charge is 2.30. The summed E-state index contributed by atoms with van der Waals surface area (Å²) in [5.74, 6) is 2.42. The molecular formula is C47H52Cl2F2N8O7S. The minimum absolute atomic E-state index is 0.00572. The van der Waals surface area contributed by atoms with E-state index >= 15 is 0 Å². The van der Waals surface area contributed by atoms with E-state index in [1.807, 2.05) is 30.1 Å². The van der Waals surface area contributed by atoms with Gasteiger partial charge < -0.3 is 34.5 Å². The van der Waals surface area contributed by atoms with Crippen LogP contribution in [0, 0.1) is 11.6 Å². The van der Waals surface area contributed by atoms with Crippen molar-refractivity contribution in [2.75, 3.05) is 45.2 Å². The van der Waals surface area contributed by atoms with Crippen LogP contribution in [-0.2, 0) is 14.8 Å². The average Bonchev–Trinajstić information content (AvgIpc) is 3.31. The number of halogens is 4. The van der Waals surface area contributed by atoms with Crippen LogP contribution in [0.4, 0.5) is 31.8 Å². The molecule has 356 valence electrons. The third-order valence-corrected chi connectivity index (χ3v) is 14.1. The molecule has 1 amide bonds. The van der Waals surface area contributed by atoms with Gasteiger partial charge in [-0.1, -0.05) is 23.2 Å². The lowest BCUT2D eigenvalue weighted by molar-refractivity contribution is -0.130. The van der Waals surface area contributed by atoms with Crippen LogP contribution in [0.1, 0.15) is 58.3 Å². The van der Waals surface area contributed by atoms with Crippen LogP contribution in [0.5, 0.6) is 23.0 Å². The van der Waals surface area contributed by atoms with Crippen molar-refractivity contribution in [3.05, 3.63) is 95.0 Å². The Morgan fingerprint density at radius 1 is 0.642 bits per heavy atom. The standard InChI is InChI=1S/C24H26ClFN4O3.C23H26ClFN4O4S/c1-14(31)30(2)16-5-7-17(8-6-16)33-23-11-18-21(12-22(23)32-3)27-13-28-24(18)29-15-4-9-20(26)19(25)10-15;1-29(34(3,30)31)15-5-7-16(8-6-15)33-22-11-17-20(12-21(22)32-2)26-13-27-23(17)28-14-4-9-19(25)18(24)10-14/h4,9-13,16-17H,5-8H2,1-3H3,(H,27,28,29);4,9-13,15-16H,5-8H2,1-3H3,(H,26,27,28)/t16-,17+;15-,16+. The number of nitrogens with zero attached hydrogens (tertiary/aromatic N) is 6. The first kappa shape index (κ1) is 49.1. The molecule has 2 aromatic heterocycles. The van der Waals surface area contributed by atoms with Gasteiger partial charge in [0, 0.05) is 67.4 Å². The van der Waals surface area contributed by atoms with Crippen molar-refractivity contribution in [1.82, 2.24) is 29.1 Å². The largest absolute Gasteiger partial charge is 0.493 e. The molecule has 2 aliphatic carbocycles. The van der Waals surface area contributed by atoms with Gasteiger partial charge in [0.2, 0.25) is 15.9 Å². The van der Waals surface area contributed by atoms with E-state index in [2.05, 4.69) is 30.6 Å². The first-order valence-electron chi connectivity index (χ1n) is 21.6. The Hall–Kier alpha value is -5.82. The molecular weight excluding hydrogens is 930 g/mol. The number of fused-ring (bicyclic) bond motifs is 2. The lowest BCUT2D eigenvalue weighted by Crippen LogP contribution is -2.40. The van der Waals surface area contributed by atoms with Gasteiger partial charge in [0.25, 0.3) is 0 Å². The number of ether oxygens (including phenoxy) is 4.